The zero-order valence-electron chi connectivity index (χ0n) is 9.06. The van der Waals surface area contributed by atoms with Gasteiger partial charge in [-0.2, -0.15) is 4.31 Å². The van der Waals surface area contributed by atoms with Crippen LogP contribution >= 0.6 is 0 Å². The molecule has 0 atom stereocenters. The molecule has 1 aromatic heterocycles. The molecule has 1 aliphatic heterocycles. The molecule has 5 heteroatoms. The van der Waals surface area contributed by atoms with E-state index in [4.69, 9.17) is 0 Å². The fourth-order valence-electron chi connectivity index (χ4n) is 1.99. The Balaban J connectivity index is 2.76. The summed E-state index contributed by atoms with van der Waals surface area (Å²) in [5, 5.41) is 0.198. The molecule has 82 valence electrons. The van der Waals surface area contributed by atoms with Gasteiger partial charge in [0, 0.05) is 25.2 Å². The standard InChI is InChI=1S/C10H14N2O2S/c1-10(2)7-12(3)15(13,14)9-8(10)5-4-6-11-9/h4-6H,7H2,1-3H3. The SMILES string of the molecule is CN1CC(C)(C)c2cccnc2S1(=O)=O. The number of fused-ring (bicyclic) bond motifs is 1. The van der Waals surface area contributed by atoms with Gasteiger partial charge in [-0.05, 0) is 11.6 Å². The highest BCUT2D eigenvalue weighted by atomic mass is 32.2. The molecule has 2 rings (SSSR count). The topological polar surface area (TPSA) is 50.3 Å². The van der Waals surface area contributed by atoms with Crippen molar-refractivity contribution < 1.29 is 8.42 Å². The third-order valence-electron chi connectivity index (χ3n) is 2.77. The van der Waals surface area contributed by atoms with Crippen LogP contribution in [0.1, 0.15) is 19.4 Å². The molecule has 0 fully saturated rings. The molecule has 0 aliphatic carbocycles. The Morgan fingerprint density at radius 1 is 1.47 bits per heavy atom. The van der Waals surface area contributed by atoms with Crippen LogP contribution in [-0.2, 0) is 15.4 Å². The average molecular weight is 226 g/mol. The van der Waals surface area contributed by atoms with Crippen molar-refractivity contribution in [2.45, 2.75) is 24.3 Å². The summed E-state index contributed by atoms with van der Waals surface area (Å²) in [4.78, 5) is 3.99. The summed E-state index contributed by atoms with van der Waals surface area (Å²) in [6.07, 6.45) is 1.52. The Kier molecular flexibility index (Phi) is 2.13. The number of sulfonamides is 1. The largest absolute Gasteiger partial charge is 0.260 e. The Labute approximate surface area is 90.0 Å². The lowest BCUT2D eigenvalue weighted by atomic mass is 9.85. The molecule has 0 N–H and O–H groups in total. The lowest BCUT2D eigenvalue weighted by Gasteiger charge is -2.36. The zero-order chi connectivity index (χ0) is 11.3. The van der Waals surface area contributed by atoms with Gasteiger partial charge in [0.1, 0.15) is 0 Å². The van der Waals surface area contributed by atoms with Gasteiger partial charge in [-0.1, -0.05) is 19.9 Å². The van der Waals surface area contributed by atoms with Crippen LogP contribution in [0, 0.1) is 0 Å². The van der Waals surface area contributed by atoms with Crippen LogP contribution in [0.15, 0.2) is 23.4 Å². The van der Waals surface area contributed by atoms with E-state index < -0.39 is 10.0 Å². The Morgan fingerprint density at radius 2 is 2.13 bits per heavy atom. The Morgan fingerprint density at radius 3 is 2.80 bits per heavy atom. The van der Waals surface area contributed by atoms with E-state index in [0.717, 1.165) is 5.56 Å². The molecule has 1 aromatic rings. The second-order valence-electron chi connectivity index (χ2n) is 4.50. The molecule has 1 aliphatic rings. The number of pyridine rings is 1. The van der Waals surface area contributed by atoms with Crippen LogP contribution in [0.5, 0.6) is 0 Å². The molecular weight excluding hydrogens is 212 g/mol. The monoisotopic (exact) mass is 226 g/mol. The lowest BCUT2D eigenvalue weighted by molar-refractivity contribution is 0.346. The van der Waals surface area contributed by atoms with Crippen LogP contribution in [0.3, 0.4) is 0 Å². The van der Waals surface area contributed by atoms with Gasteiger partial charge >= 0.3 is 0 Å². The third-order valence-corrected chi connectivity index (χ3v) is 4.54. The highest BCUT2D eigenvalue weighted by Crippen LogP contribution is 2.35. The van der Waals surface area contributed by atoms with Crippen molar-refractivity contribution in [3.63, 3.8) is 0 Å². The summed E-state index contributed by atoms with van der Waals surface area (Å²) < 4.78 is 25.3. The molecular formula is C10H14N2O2S. The highest BCUT2D eigenvalue weighted by molar-refractivity contribution is 7.89. The first-order chi connectivity index (χ1) is 6.86. The molecule has 0 aromatic carbocycles. The summed E-state index contributed by atoms with van der Waals surface area (Å²) in [5.74, 6) is 0. The molecule has 0 bridgehead atoms. The third kappa shape index (κ3) is 1.46. The second-order valence-corrected chi connectivity index (χ2v) is 6.46. The van der Waals surface area contributed by atoms with E-state index in [9.17, 15) is 8.42 Å². The van der Waals surface area contributed by atoms with Gasteiger partial charge < -0.3 is 0 Å². The number of nitrogens with zero attached hydrogens (tertiary/aromatic N) is 2. The number of rotatable bonds is 0. The number of hydrogen-bond donors (Lipinski definition) is 0. The van der Waals surface area contributed by atoms with E-state index in [1.54, 1.807) is 13.1 Å². The van der Waals surface area contributed by atoms with Gasteiger partial charge in [-0.15, -0.1) is 0 Å². The lowest BCUT2D eigenvalue weighted by Crippen LogP contribution is -2.44. The summed E-state index contributed by atoms with van der Waals surface area (Å²) in [6.45, 7) is 4.55. The van der Waals surface area contributed by atoms with Gasteiger partial charge in [0.15, 0.2) is 5.03 Å². The van der Waals surface area contributed by atoms with E-state index in [0.29, 0.717) is 6.54 Å². The fraction of sp³-hybridized carbons (Fsp3) is 0.500. The van der Waals surface area contributed by atoms with Crippen molar-refractivity contribution in [3.05, 3.63) is 23.9 Å². The average Bonchev–Trinajstić information content (AvgIpc) is 2.15. The van der Waals surface area contributed by atoms with Crippen molar-refractivity contribution in [2.75, 3.05) is 13.6 Å². The van der Waals surface area contributed by atoms with Crippen molar-refractivity contribution in [1.82, 2.24) is 9.29 Å². The number of aromatic nitrogens is 1. The van der Waals surface area contributed by atoms with E-state index in [1.807, 2.05) is 19.9 Å². The van der Waals surface area contributed by atoms with Crippen LogP contribution < -0.4 is 0 Å². The highest BCUT2D eigenvalue weighted by Gasteiger charge is 2.39. The van der Waals surface area contributed by atoms with Crippen LogP contribution in [0.4, 0.5) is 0 Å². The molecule has 0 unspecified atom stereocenters. The molecule has 0 saturated carbocycles. The van der Waals surface area contributed by atoms with Gasteiger partial charge in [0.25, 0.3) is 10.0 Å². The van der Waals surface area contributed by atoms with E-state index in [2.05, 4.69) is 4.98 Å². The quantitative estimate of drug-likeness (QED) is 0.663. The first-order valence-corrected chi connectivity index (χ1v) is 6.21. The second kappa shape index (κ2) is 3.02. The Hall–Kier alpha value is -0.940. The molecule has 2 heterocycles. The minimum absolute atomic E-state index is 0.177. The maximum Gasteiger partial charge on any atom is 0.260 e. The maximum atomic E-state index is 12.0. The minimum Gasteiger partial charge on any atom is -0.243 e. The molecule has 15 heavy (non-hydrogen) atoms. The van der Waals surface area contributed by atoms with Gasteiger partial charge in [0.05, 0.1) is 0 Å². The van der Waals surface area contributed by atoms with Crippen LogP contribution in [0.25, 0.3) is 0 Å². The summed E-state index contributed by atoms with van der Waals surface area (Å²) >= 11 is 0. The summed E-state index contributed by atoms with van der Waals surface area (Å²) in [5.41, 5.74) is 0.632. The van der Waals surface area contributed by atoms with Gasteiger partial charge in [0.2, 0.25) is 0 Å². The molecule has 0 saturated heterocycles. The zero-order valence-corrected chi connectivity index (χ0v) is 9.87. The molecule has 0 spiro atoms. The van der Waals surface area contributed by atoms with Crippen molar-refractivity contribution in [1.29, 1.82) is 0 Å². The number of likely N-dealkylation sites (N-methyl/N-ethyl adjacent to an activating group) is 1. The normalized spacial score (nSPS) is 23.4. The number of hydrogen-bond acceptors (Lipinski definition) is 3. The van der Waals surface area contributed by atoms with Crippen LogP contribution in [0.2, 0.25) is 0 Å². The van der Waals surface area contributed by atoms with Crippen LogP contribution in [-0.4, -0.2) is 31.3 Å². The van der Waals surface area contributed by atoms with E-state index in [-0.39, 0.29) is 10.4 Å². The van der Waals surface area contributed by atoms with Crippen molar-refractivity contribution in [3.8, 4) is 0 Å². The van der Waals surface area contributed by atoms with E-state index >= 15 is 0 Å². The predicted octanol–water partition coefficient (Wildman–Crippen LogP) is 0.993. The molecule has 0 amide bonds. The van der Waals surface area contributed by atoms with Crippen molar-refractivity contribution >= 4 is 10.0 Å². The molecule has 4 nitrogen and oxygen atoms in total. The summed E-state index contributed by atoms with van der Waals surface area (Å²) in [7, 11) is -1.78. The minimum atomic E-state index is -3.37. The first-order valence-electron chi connectivity index (χ1n) is 4.77. The first kappa shape index (κ1) is 10.6. The summed E-state index contributed by atoms with van der Waals surface area (Å²) in [6, 6.07) is 3.62. The van der Waals surface area contributed by atoms with Gasteiger partial charge in [-0.3, -0.25) is 0 Å². The fourth-order valence-corrected chi connectivity index (χ4v) is 3.59. The maximum absolute atomic E-state index is 12.0. The Bertz CT molecular complexity index is 494. The molecule has 0 radical (unpaired) electrons. The van der Waals surface area contributed by atoms with E-state index in [1.165, 1.54) is 10.5 Å². The van der Waals surface area contributed by atoms with Gasteiger partial charge in [-0.25, -0.2) is 13.4 Å². The predicted molar refractivity (Wildman–Crippen MR) is 57.1 cm³/mol. The van der Waals surface area contributed by atoms with Crippen molar-refractivity contribution in [2.24, 2.45) is 0 Å². The smallest absolute Gasteiger partial charge is 0.243 e.